The largest absolute Gasteiger partial charge is 0.489 e. The number of amides is 2. The molecule has 0 radical (unpaired) electrons. The number of primary amides is 1. The van der Waals surface area contributed by atoms with Gasteiger partial charge in [-0.1, -0.05) is 55.2 Å². The molecule has 3 rings (SSSR count). The van der Waals surface area contributed by atoms with Crippen LogP contribution in [0.2, 0.25) is 10.0 Å². The van der Waals surface area contributed by atoms with E-state index in [1.54, 1.807) is 63.2 Å². The van der Waals surface area contributed by atoms with E-state index in [0.717, 1.165) is 5.56 Å². The van der Waals surface area contributed by atoms with Gasteiger partial charge in [-0.15, -0.1) is 0 Å². The van der Waals surface area contributed by atoms with Crippen LogP contribution < -0.4 is 15.8 Å². The van der Waals surface area contributed by atoms with Gasteiger partial charge in [0.15, 0.2) is 0 Å². The van der Waals surface area contributed by atoms with E-state index in [9.17, 15) is 19.5 Å². The number of ether oxygens (including phenoxy) is 1. The summed E-state index contributed by atoms with van der Waals surface area (Å²) in [5.74, 6) is -1.91. The molecule has 9 heteroatoms. The predicted molar refractivity (Wildman–Crippen MR) is 134 cm³/mol. The van der Waals surface area contributed by atoms with Crippen molar-refractivity contribution < 1.29 is 24.2 Å². The summed E-state index contributed by atoms with van der Waals surface area (Å²) in [4.78, 5) is 37.0. The molecule has 0 aromatic heterocycles. The first-order chi connectivity index (χ1) is 16.4. The Labute approximate surface area is 214 Å². The summed E-state index contributed by atoms with van der Waals surface area (Å²) in [5.41, 5.74) is 5.23. The Hall–Kier alpha value is -2.77. The van der Waals surface area contributed by atoms with Gasteiger partial charge in [0.1, 0.15) is 18.4 Å². The van der Waals surface area contributed by atoms with E-state index in [1.807, 2.05) is 0 Å². The Morgan fingerprint density at radius 3 is 2.23 bits per heavy atom. The van der Waals surface area contributed by atoms with Crippen molar-refractivity contribution in [2.45, 2.75) is 52.7 Å². The molecule has 0 bridgehead atoms. The second kappa shape index (κ2) is 10.5. The summed E-state index contributed by atoms with van der Waals surface area (Å²) < 4.78 is 5.78. The smallest absolute Gasteiger partial charge is 0.309 e. The van der Waals surface area contributed by atoms with Crippen LogP contribution in [0.1, 0.15) is 44.7 Å². The molecule has 7 nitrogen and oxygen atoms in total. The van der Waals surface area contributed by atoms with Gasteiger partial charge in [0.05, 0.1) is 5.41 Å². The summed E-state index contributed by atoms with van der Waals surface area (Å²) in [7, 11) is 0. The molecule has 1 saturated carbocycles. The Morgan fingerprint density at radius 2 is 1.71 bits per heavy atom. The molecule has 0 saturated heterocycles. The number of benzene rings is 2. The van der Waals surface area contributed by atoms with Gasteiger partial charge in [-0.25, -0.2) is 0 Å². The highest BCUT2D eigenvalue weighted by molar-refractivity contribution is 6.35. The maximum atomic E-state index is 13.1. The van der Waals surface area contributed by atoms with Crippen molar-refractivity contribution >= 4 is 41.0 Å². The Bertz CT molecular complexity index is 1100. The molecule has 0 spiro atoms. The van der Waals surface area contributed by atoms with Gasteiger partial charge in [-0.3, -0.25) is 14.4 Å². The Kier molecular flexibility index (Phi) is 8.02. The van der Waals surface area contributed by atoms with Gasteiger partial charge in [0.25, 0.3) is 0 Å². The van der Waals surface area contributed by atoms with Gasteiger partial charge < -0.3 is 20.9 Å². The first-order valence-corrected chi connectivity index (χ1v) is 12.1. The summed E-state index contributed by atoms with van der Waals surface area (Å²) in [5, 5.41) is 13.5. The molecular formula is C26H30Cl2N2O5. The molecule has 3 atom stereocenters. The second-order valence-electron chi connectivity index (χ2n) is 9.75. The van der Waals surface area contributed by atoms with Crippen LogP contribution in [0, 0.1) is 16.7 Å². The van der Waals surface area contributed by atoms with E-state index in [0.29, 0.717) is 34.2 Å². The standard InChI is InChI=1S/C26H30Cl2N2O5/c1-25(2)18(11-12-26(25,3)24(33)34)23(32)30-21(22(29)31)13-15-7-9-16(10-8-15)35-14-17-19(27)5-4-6-20(17)28/h4-10,18,21H,11-14H2,1-3H3,(H2,29,31)(H,30,32)(H,33,34)/t18-,21+,26+/m1/s1. The molecule has 1 aliphatic rings. The molecule has 0 aliphatic heterocycles. The lowest BCUT2D eigenvalue weighted by molar-refractivity contribution is -0.155. The molecule has 2 amide bonds. The highest BCUT2D eigenvalue weighted by atomic mass is 35.5. The molecule has 35 heavy (non-hydrogen) atoms. The zero-order valence-corrected chi connectivity index (χ0v) is 21.4. The molecule has 1 aliphatic carbocycles. The molecule has 0 unspecified atom stereocenters. The molecule has 4 N–H and O–H groups in total. The number of nitrogens with two attached hydrogens (primary N) is 1. The number of carboxylic acid groups (broad SMARTS) is 1. The third-order valence-electron chi connectivity index (χ3n) is 7.48. The summed E-state index contributed by atoms with van der Waals surface area (Å²) in [6.45, 7) is 5.43. The van der Waals surface area contributed by atoms with Gasteiger partial charge >= 0.3 is 5.97 Å². The monoisotopic (exact) mass is 520 g/mol. The topological polar surface area (TPSA) is 119 Å². The lowest BCUT2D eigenvalue weighted by Gasteiger charge is -2.38. The van der Waals surface area contributed by atoms with E-state index in [2.05, 4.69) is 5.32 Å². The fourth-order valence-corrected chi connectivity index (χ4v) is 5.13. The highest BCUT2D eigenvalue weighted by Gasteiger charge is 2.58. The molecule has 188 valence electrons. The first kappa shape index (κ1) is 26.8. The number of hydrogen-bond donors (Lipinski definition) is 3. The predicted octanol–water partition coefficient (Wildman–Crippen LogP) is 4.61. The Morgan fingerprint density at radius 1 is 1.11 bits per heavy atom. The summed E-state index contributed by atoms with van der Waals surface area (Å²) in [6, 6.07) is 11.4. The van der Waals surface area contributed by atoms with Crippen molar-refractivity contribution in [3.8, 4) is 5.75 Å². The lowest BCUT2D eigenvalue weighted by Crippen LogP contribution is -2.51. The van der Waals surface area contributed by atoms with Crippen molar-refractivity contribution in [1.29, 1.82) is 0 Å². The van der Waals surface area contributed by atoms with Crippen LogP contribution in [-0.2, 0) is 27.4 Å². The van der Waals surface area contributed by atoms with Crippen molar-refractivity contribution in [3.63, 3.8) is 0 Å². The van der Waals surface area contributed by atoms with Crippen LogP contribution >= 0.6 is 23.2 Å². The molecule has 2 aromatic carbocycles. The van der Waals surface area contributed by atoms with Gasteiger partial charge in [0.2, 0.25) is 11.8 Å². The Balaban J connectivity index is 1.64. The molecule has 2 aromatic rings. The van der Waals surface area contributed by atoms with E-state index in [4.69, 9.17) is 33.7 Å². The number of carbonyl (C=O) groups is 3. The van der Waals surface area contributed by atoms with Crippen LogP contribution in [-0.4, -0.2) is 28.9 Å². The van der Waals surface area contributed by atoms with Crippen LogP contribution in [0.25, 0.3) is 0 Å². The SMILES string of the molecule is CC1(C)[C@@H](C(=O)N[C@@H](Cc2ccc(OCc3c(Cl)cccc3Cl)cc2)C(N)=O)CC[C@@]1(C)C(=O)O. The number of rotatable bonds is 9. The number of aliphatic carboxylic acids is 1. The minimum Gasteiger partial charge on any atom is -0.489 e. The van der Waals surface area contributed by atoms with Crippen molar-refractivity contribution in [2.75, 3.05) is 0 Å². The fourth-order valence-electron chi connectivity index (χ4n) is 4.62. The van der Waals surface area contributed by atoms with Gasteiger partial charge in [-0.05, 0) is 55.0 Å². The van der Waals surface area contributed by atoms with Crippen LogP contribution in [0.4, 0.5) is 0 Å². The van der Waals surface area contributed by atoms with Crippen molar-refractivity contribution in [3.05, 3.63) is 63.6 Å². The quantitative estimate of drug-likeness (QED) is 0.445. The molecular weight excluding hydrogens is 491 g/mol. The normalized spacial score (nSPS) is 21.8. The van der Waals surface area contributed by atoms with Crippen LogP contribution in [0.3, 0.4) is 0 Å². The first-order valence-electron chi connectivity index (χ1n) is 11.3. The second-order valence-corrected chi connectivity index (χ2v) is 10.6. The lowest BCUT2D eigenvalue weighted by atomic mass is 9.65. The average Bonchev–Trinajstić information content (AvgIpc) is 3.03. The number of nitrogens with one attached hydrogen (secondary N) is 1. The minimum absolute atomic E-state index is 0.195. The number of carboxylic acids is 1. The maximum Gasteiger partial charge on any atom is 0.309 e. The van der Waals surface area contributed by atoms with Crippen molar-refractivity contribution in [1.82, 2.24) is 5.32 Å². The zero-order chi connectivity index (χ0) is 26.0. The number of halogens is 2. The third-order valence-corrected chi connectivity index (χ3v) is 8.19. The number of hydrogen-bond acceptors (Lipinski definition) is 4. The third kappa shape index (κ3) is 5.57. The summed E-state index contributed by atoms with van der Waals surface area (Å²) >= 11 is 12.3. The van der Waals surface area contributed by atoms with Gasteiger partial charge in [0, 0.05) is 27.9 Å². The van der Waals surface area contributed by atoms with E-state index in [1.165, 1.54) is 0 Å². The highest BCUT2D eigenvalue weighted by Crippen LogP contribution is 2.56. The van der Waals surface area contributed by atoms with E-state index < -0.39 is 34.7 Å². The fraction of sp³-hybridized carbons (Fsp3) is 0.423. The number of carbonyl (C=O) groups excluding carboxylic acids is 2. The zero-order valence-electron chi connectivity index (χ0n) is 19.9. The van der Waals surface area contributed by atoms with Crippen LogP contribution in [0.15, 0.2) is 42.5 Å². The molecule has 1 fully saturated rings. The van der Waals surface area contributed by atoms with Crippen LogP contribution in [0.5, 0.6) is 5.75 Å². The average molecular weight is 521 g/mol. The van der Waals surface area contributed by atoms with E-state index in [-0.39, 0.29) is 18.9 Å². The minimum atomic E-state index is -1.03. The van der Waals surface area contributed by atoms with Crippen molar-refractivity contribution in [2.24, 2.45) is 22.5 Å². The van der Waals surface area contributed by atoms with E-state index >= 15 is 0 Å². The summed E-state index contributed by atoms with van der Waals surface area (Å²) in [6.07, 6.45) is 1.01. The maximum absolute atomic E-state index is 13.1. The molecule has 0 heterocycles. The van der Waals surface area contributed by atoms with Gasteiger partial charge in [-0.2, -0.15) is 0 Å².